The van der Waals surface area contributed by atoms with Crippen molar-refractivity contribution in [2.45, 2.75) is 12.8 Å². The minimum atomic E-state index is -0.290. The van der Waals surface area contributed by atoms with Crippen LogP contribution in [0.2, 0.25) is 0 Å². The van der Waals surface area contributed by atoms with Crippen molar-refractivity contribution in [2.24, 2.45) is 0 Å². The molecule has 0 atom stereocenters. The van der Waals surface area contributed by atoms with Gasteiger partial charge in [0.15, 0.2) is 5.76 Å². The third-order valence-corrected chi connectivity index (χ3v) is 3.93. The fourth-order valence-electron chi connectivity index (χ4n) is 2.01. The van der Waals surface area contributed by atoms with Crippen molar-refractivity contribution in [3.05, 3.63) is 59.0 Å². The van der Waals surface area contributed by atoms with Gasteiger partial charge < -0.3 is 9.73 Å². The molecular weight excluding hydrogens is 298 g/mol. The average Bonchev–Trinajstić information content (AvgIpc) is 3.24. The molecule has 0 fully saturated rings. The van der Waals surface area contributed by atoms with E-state index in [1.165, 1.54) is 0 Å². The Bertz CT molecular complexity index is 723. The number of oxazole rings is 1. The first-order valence-corrected chi connectivity index (χ1v) is 7.89. The minimum absolute atomic E-state index is 0.0908. The summed E-state index contributed by atoms with van der Waals surface area (Å²) in [4.78, 5) is 20.2. The average molecular weight is 313 g/mol. The number of carbonyl (C=O) groups excluding carboxylic acids is 1. The summed E-state index contributed by atoms with van der Waals surface area (Å²) < 4.78 is 5.50. The molecule has 6 heteroatoms. The van der Waals surface area contributed by atoms with Gasteiger partial charge in [0.2, 0.25) is 0 Å². The first-order chi connectivity index (χ1) is 10.8. The second-order valence-electron chi connectivity index (χ2n) is 4.68. The molecule has 2 aromatic heterocycles. The van der Waals surface area contributed by atoms with Gasteiger partial charge in [-0.2, -0.15) is 0 Å². The summed E-state index contributed by atoms with van der Waals surface area (Å²) in [7, 11) is 0. The van der Waals surface area contributed by atoms with Gasteiger partial charge in [-0.1, -0.05) is 30.3 Å². The summed E-state index contributed by atoms with van der Waals surface area (Å²) in [5.74, 6) is 0.392. The maximum atomic E-state index is 12.0. The molecule has 5 nitrogen and oxygen atoms in total. The van der Waals surface area contributed by atoms with Crippen molar-refractivity contribution in [2.75, 3.05) is 6.54 Å². The van der Waals surface area contributed by atoms with E-state index in [-0.39, 0.29) is 11.8 Å². The molecule has 0 spiro atoms. The SMILES string of the molecule is O=C(NCCCc1nccs1)c1ncc(-c2ccccc2)o1. The van der Waals surface area contributed by atoms with Crippen molar-refractivity contribution in [1.82, 2.24) is 15.3 Å². The Hall–Kier alpha value is -2.47. The molecular formula is C16H15N3O2S. The van der Waals surface area contributed by atoms with Gasteiger partial charge in [0.05, 0.1) is 11.2 Å². The van der Waals surface area contributed by atoms with Crippen molar-refractivity contribution in [3.8, 4) is 11.3 Å². The van der Waals surface area contributed by atoms with Gasteiger partial charge in [0.25, 0.3) is 5.89 Å². The number of rotatable bonds is 6. The number of nitrogens with one attached hydrogen (secondary N) is 1. The molecule has 3 aromatic rings. The van der Waals surface area contributed by atoms with Gasteiger partial charge in [-0.25, -0.2) is 9.97 Å². The second-order valence-corrected chi connectivity index (χ2v) is 5.66. The van der Waals surface area contributed by atoms with Gasteiger partial charge in [-0.05, 0) is 6.42 Å². The van der Waals surface area contributed by atoms with Crippen molar-refractivity contribution in [3.63, 3.8) is 0 Å². The number of amides is 1. The molecule has 0 saturated carbocycles. The lowest BCUT2D eigenvalue weighted by molar-refractivity contribution is 0.0919. The first kappa shape index (κ1) is 14.5. The molecule has 1 aromatic carbocycles. The monoisotopic (exact) mass is 313 g/mol. The van der Waals surface area contributed by atoms with Crippen molar-refractivity contribution < 1.29 is 9.21 Å². The van der Waals surface area contributed by atoms with E-state index < -0.39 is 0 Å². The van der Waals surface area contributed by atoms with E-state index in [9.17, 15) is 4.79 Å². The van der Waals surface area contributed by atoms with E-state index in [2.05, 4.69) is 15.3 Å². The predicted molar refractivity (Wildman–Crippen MR) is 84.7 cm³/mol. The summed E-state index contributed by atoms with van der Waals surface area (Å²) in [5, 5.41) is 5.84. The number of benzene rings is 1. The second kappa shape index (κ2) is 7.00. The highest BCUT2D eigenvalue weighted by Gasteiger charge is 2.13. The lowest BCUT2D eigenvalue weighted by Gasteiger charge is -2.01. The van der Waals surface area contributed by atoms with E-state index in [0.717, 1.165) is 23.4 Å². The van der Waals surface area contributed by atoms with Gasteiger partial charge in [-0.3, -0.25) is 4.79 Å². The standard InChI is InChI=1S/C16H15N3O2S/c20-15(18-8-4-7-14-17-9-10-22-14)16-19-11-13(21-16)12-5-2-1-3-6-12/h1-3,5-6,9-11H,4,7-8H2,(H,18,20). The third kappa shape index (κ3) is 3.59. The molecule has 0 aliphatic heterocycles. The lowest BCUT2D eigenvalue weighted by atomic mass is 10.2. The molecule has 0 aliphatic rings. The topological polar surface area (TPSA) is 68.0 Å². The fourth-order valence-corrected chi connectivity index (χ4v) is 2.67. The number of hydrogen-bond acceptors (Lipinski definition) is 5. The molecule has 0 saturated heterocycles. The number of carbonyl (C=O) groups is 1. The van der Waals surface area contributed by atoms with Crippen LogP contribution in [-0.2, 0) is 6.42 Å². The number of nitrogens with zero attached hydrogens (tertiary/aromatic N) is 2. The van der Waals surface area contributed by atoms with Crippen LogP contribution >= 0.6 is 11.3 Å². The van der Waals surface area contributed by atoms with Crippen LogP contribution in [0.1, 0.15) is 22.1 Å². The van der Waals surface area contributed by atoms with E-state index in [1.807, 2.05) is 35.7 Å². The molecule has 0 bridgehead atoms. The van der Waals surface area contributed by atoms with Crippen LogP contribution in [0.5, 0.6) is 0 Å². The Morgan fingerprint density at radius 3 is 2.86 bits per heavy atom. The van der Waals surface area contributed by atoms with Gasteiger partial charge in [0.1, 0.15) is 0 Å². The van der Waals surface area contributed by atoms with Crippen LogP contribution in [0.15, 0.2) is 52.5 Å². The Kier molecular flexibility index (Phi) is 4.60. The summed E-state index contributed by atoms with van der Waals surface area (Å²) in [6.07, 6.45) is 5.06. The Balaban J connectivity index is 1.51. The Labute approximate surface area is 132 Å². The zero-order chi connectivity index (χ0) is 15.2. The van der Waals surface area contributed by atoms with Gasteiger partial charge in [0, 0.05) is 30.1 Å². The molecule has 0 radical (unpaired) electrons. The van der Waals surface area contributed by atoms with Gasteiger partial charge in [-0.15, -0.1) is 11.3 Å². The maximum absolute atomic E-state index is 12.0. The fraction of sp³-hybridized carbons (Fsp3) is 0.188. The normalized spacial score (nSPS) is 10.5. The molecule has 0 aliphatic carbocycles. The quantitative estimate of drug-likeness (QED) is 0.710. The van der Waals surface area contributed by atoms with Crippen LogP contribution < -0.4 is 5.32 Å². The van der Waals surface area contributed by atoms with Crippen molar-refractivity contribution in [1.29, 1.82) is 0 Å². The third-order valence-electron chi connectivity index (χ3n) is 3.09. The van der Waals surface area contributed by atoms with Crippen LogP contribution in [0, 0.1) is 0 Å². The minimum Gasteiger partial charge on any atom is -0.432 e. The number of aromatic nitrogens is 2. The highest BCUT2D eigenvalue weighted by Crippen LogP contribution is 2.19. The smallest absolute Gasteiger partial charge is 0.307 e. The molecule has 1 amide bonds. The molecule has 3 rings (SSSR count). The highest BCUT2D eigenvalue weighted by atomic mass is 32.1. The largest absolute Gasteiger partial charge is 0.432 e. The molecule has 2 heterocycles. The maximum Gasteiger partial charge on any atom is 0.307 e. The van der Waals surface area contributed by atoms with Crippen LogP contribution in [0.25, 0.3) is 11.3 Å². The van der Waals surface area contributed by atoms with E-state index in [1.54, 1.807) is 23.7 Å². The summed E-state index contributed by atoms with van der Waals surface area (Å²) in [6.45, 7) is 0.571. The summed E-state index contributed by atoms with van der Waals surface area (Å²) in [6, 6.07) is 9.58. The number of thiazole rings is 1. The molecule has 1 N–H and O–H groups in total. The zero-order valence-corrected chi connectivity index (χ0v) is 12.7. The van der Waals surface area contributed by atoms with E-state index in [0.29, 0.717) is 12.3 Å². The number of aryl methyl sites for hydroxylation is 1. The summed E-state index contributed by atoms with van der Waals surface area (Å²) >= 11 is 1.62. The van der Waals surface area contributed by atoms with Crippen molar-refractivity contribution >= 4 is 17.2 Å². The highest BCUT2D eigenvalue weighted by molar-refractivity contribution is 7.09. The Morgan fingerprint density at radius 2 is 2.09 bits per heavy atom. The Morgan fingerprint density at radius 1 is 1.23 bits per heavy atom. The van der Waals surface area contributed by atoms with Gasteiger partial charge >= 0.3 is 5.91 Å². The predicted octanol–water partition coefficient (Wildman–Crippen LogP) is 3.16. The van der Waals surface area contributed by atoms with Crippen LogP contribution in [0.3, 0.4) is 0 Å². The molecule has 112 valence electrons. The van der Waals surface area contributed by atoms with Crippen LogP contribution in [0.4, 0.5) is 0 Å². The zero-order valence-electron chi connectivity index (χ0n) is 11.9. The molecule has 22 heavy (non-hydrogen) atoms. The van der Waals surface area contributed by atoms with E-state index in [4.69, 9.17) is 4.42 Å². The lowest BCUT2D eigenvalue weighted by Crippen LogP contribution is -2.25. The number of hydrogen-bond donors (Lipinski definition) is 1. The molecule has 0 unspecified atom stereocenters. The van der Waals surface area contributed by atoms with E-state index >= 15 is 0 Å². The first-order valence-electron chi connectivity index (χ1n) is 7.01. The summed E-state index contributed by atoms with van der Waals surface area (Å²) in [5.41, 5.74) is 0.901. The van der Waals surface area contributed by atoms with Crippen LogP contribution in [-0.4, -0.2) is 22.4 Å².